The second-order valence-electron chi connectivity index (χ2n) is 6.51. The molecule has 1 rings (SSSR count). The highest BCUT2D eigenvalue weighted by Gasteiger charge is 2.21. The van der Waals surface area contributed by atoms with Gasteiger partial charge in [-0.2, -0.15) is 11.8 Å². The topological polar surface area (TPSA) is 66.0 Å². The quantitative estimate of drug-likeness (QED) is 0.279. The molecule has 1 heterocycles. The van der Waals surface area contributed by atoms with Crippen LogP contribution in [0.15, 0.2) is 4.99 Å². The summed E-state index contributed by atoms with van der Waals surface area (Å²) < 4.78 is 5.21. The van der Waals surface area contributed by atoms with E-state index >= 15 is 0 Å². The van der Waals surface area contributed by atoms with Crippen molar-refractivity contribution in [3.05, 3.63) is 0 Å². The molecule has 0 bridgehead atoms. The number of halogens is 1. The molecular formula is C16H33IN4O2S. The number of rotatable bonds is 5. The molecule has 8 heteroatoms. The predicted molar refractivity (Wildman–Crippen MR) is 114 cm³/mol. The minimum Gasteiger partial charge on any atom is -0.444 e. The average Bonchev–Trinajstić information content (AvgIpc) is 2.48. The van der Waals surface area contributed by atoms with Crippen molar-refractivity contribution in [2.45, 2.75) is 51.9 Å². The van der Waals surface area contributed by atoms with Crippen molar-refractivity contribution >= 4 is 47.8 Å². The Kier molecular flexibility index (Phi) is 11.9. The van der Waals surface area contributed by atoms with Crippen LogP contribution in [-0.4, -0.2) is 66.3 Å². The summed E-state index contributed by atoms with van der Waals surface area (Å²) in [4.78, 5) is 18.5. The molecule has 1 atom stereocenters. The number of alkyl carbamates (subject to hydrolysis) is 1. The minimum absolute atomic E-state index is 0. The summed E-state index contributed by atoms with van der Waals surface area (Å²) in [6.07, 6.45) is 0.791. The van der Waals surface area contributed by atoms with Crippen LogP contribution in [0.25, 0.3) is 0 Å². The third-order valence-electron chi connectivity index (χ3n) is 3.27. The minimum atomic E-state index is -0.469. The number of guanidine groups is 1. The van der Waals surface area contributed by atoms with E-state index in [2.05, 4.69) is 34.4 Å². The van der Waals surface area contributed by atoms with E-state index in [1.165, 1.54) is 6.42 Å². The number of amides is 1. The molecule has 142 valence electrons. The Morgan fingerprint density at radius 3 is 2.62 bits per heavy atom. The number of carbonyl (C=O) groups excluding carboxylic acids is 1. The number of hydrogen-bond donors (Lipinski definition) is 2. The molecule has 0 radical (unpaired) electrons. The van der Waals surface area contributed by atoms with Crippen molar-refractivity contribution in [2.24, 2.45) is 4.99 Å². The van der Waals surface area contributed by atoms with Gasteiger partial charge in [0.25, 0.3) is 0 Å². The predicted octanol–water partition coefficient (Wildman–Crippen LogP) is 2.92. The average molecular weight is 472 g/mol. The molecule has 1 aliphatic rings. The fraction of sp³-hybridized carbons (Fsp3) is 0.875. The monoisotopic (exact) mass is 472 g/mol. The van der Waals surface area contributed by atoms with E-state index in [0.717, 1.165) is 31.3 Å². The lowest BCUT2D eigenvalue weighted by molar-refractivity contribution is 0.0529. The van der Waals surface area contributed by atoms with Gasteiger partial charge in [-0.1, -0.05) is 6.92 Å². The SMILES string of the molecule is CCNC(=NCCNC(=O)OC(C)(C)C)N1CCSC(CC)C1.I. The van der Waals surface area contributed by atoms with Gasteiger partial charge < -0.3 is 20.3 Å². The van der Waals surface area contributed by atoms with Gasteiger partial charge in [0.15, 0.2) is 5.96 Å². The fourth-order valence-corrected chi connectivity index (χ4v) is 3.40. The van der Waals surface area contributed by atoms with Crippen molar-refractivity contribution in [1.29, 1.82) is 0 Å². The number of hydrogen-bond acceptors (Lipinski definition) is 4. The number of thioether (sulfide) groups is 1. The molecule has 0 saturated carbocycles. The van der Waals surface area contributed by atoms with Crippen LogP contribution in [0, 0.1) is 0 Å². The first-order valence-corrected chi connectivity index (χ1v) is 9.52. The van der Waals surface area contributed by atoms with E-state index in [1.807, 2.05) is 32.5 Å². The first kappa shape index (κ1) is 23.6. The number of carbonyl (C=O) groups is 1. The maximum atomic E-state index is 11.6. The molecule has 6 nitrogen and oxygen atoms in total. The zero-order chi connectivity index (χ0) is 17.3. The van der Waals surface area contributed by atoms with Crippen LogP contribution >= 0.6 is 35.7 Å². The summed E-state index contributed by atoms with van der Waals surface area (Å²) in [5, 5.41) is 6.76. The van der Waals surface area contributed by atoms with Crippen molar-refractivity contribution in [2.75, 3.05) is 38.5 Å². The van der Waals surface area contributed by atoms with Crippen LogP contribution < -0.4 is 10.6 Å². The van der Waals surface area contributed by atoms with Gasteiger partial charge >= 0.3 is 6.09 Å². The number of nitrogens with one attached hydrogen (secondary N) is 2. The van der Waals surface area contributed by atoms with E-state index in [0.29, 0.717) is 18.3 Å². The Hall–Kier alpha value is -0.380. The summed E-state index contributed by atoms with van der Waals surface area (Å²) in [7, 11) is 0. The van der Waals surface area contributed by atoms with Gasteiger partial charge in [-0.25, -0.2) is 4.79 Å². The highest BCUT2D eigenvalue weighted by Crippen LogP contribution is 2.20. The summed E-state index contributed by atoms with van der Waals surface area (Å²) in [5.41, 5.74) is -0.469. The zero-order valence-electron chi connectivity index (χ0n) is 15.6. The lowest BCUT2D eigenvalue weighted by Crippen LogP contribution is -2.48. The van der Waals surface area contributed by atoms with Crippen LogP contribution in [0.1, 0.15) is 41.0 Å². The second kappa shape index (κ2) is 12.1. The summed E-state index contributed by atoms with van der Waals surface area (Å²) in [6, 6.07) is 0. The lowest BCUT2D eigenvalue weighted by atomic mass is 10.2. The molecule has 2 N–H and O–H groups in total. The Labute approximate surface area is 168 Å². The number of aliphatic imine (C=N–C) groups is 1. The molecule has 0 aliphatic carbocycles. The van der Waals surface area contributed by atoms with Gasteiger partial charge in [0.05, 0.1) is 6.54 Å². The Balaban J connectivity index is 0.00000529. The molecule has 0 aromatic rings. The normalized spacial score (nSPS) is 18.6. The van der Waals surface area contributed by atoms with Crippen LogP contribution in [0.2, 0.25) is 0 Å². The fourth-order valence-electron chi connectivity index (χ4n) is 2.22. The van der Waals surface area contributed by atoms with Gasteiger partial charge in [-0.15, -0.1) is 24.0 Å². The summed E-state index contributed by atoms with van der Waals surface area (Å²) in [6.45, 7) is 13.8. The third kappa shape index (κ3) is 9.80. The third-order valence-corrected chi connectivity index (χ3v) is 4.64. The van der Waals surface area contributed by atoms with Gasteiger partial charge in [0.2, 0.25) is 0 Å². The Morgan fingerprint density at radius 1 is 1.33 bits per heavy atom. The zero-order valence-corrected chi connectivity index (χ0v) is 18.7. The van der Waals surface area contributed by atoms with E-state index in [9.17, 15) is 4.79 Å². The van der Waals surface area contributed by atoms with E-state index < -0.39 is 11.7 Å². The molecule has 1 aliphatic heterocycles. The van der Waals surface area contributed by atoms with Crippen LogP contribution in [-0.2, 0) is 4.74 Å². The molecule has 0 aromatic carbocycles. The van der Waals surface area contributed by atoms with Crippen molar-refractivity contribution in [1.82, 2.24) is 15.5 Å². The van der Waals surface area contributed by atoms with Gasteiger partial charge in [-0.05, 0) is 34.1 Å². The molecule has 1 saturated heterocycles. The molecule has 1 amide bonds. The van der Waals surface area contributed by atoms with Crippen LogP contribution in [0.4, 0.5) is 4.79 Å². The highest BCUT2D eigenvalue weighted by molar-refractivity contribution is 14.0. The molecule has 1 fully saturated rings. The van der Waals surface area contributed by atoms with E-state index in [1.54, 1.807) is 0 Å². The summed E-state index contributed by atoms with van der Waals surface area (Å²) >= 11 is 2.04. The lowest BCUT2D eigenvalue weighted by Gasteiger charge is -2.34. The van der Waals surface area contributed by atoms with E-state index in [-0.39, 0.29) is 24.0 Å². The largest absolute Gasteiger partial charge is 0.444 e. The van der Waals surface area contributed by atoms with Gasteiger partial charge in [0.1, 0.15) is 5.60 Å². The molecular weight excluding hydrogens is 439 g/mol. The molecule has 24 heavy (non-hydrogen) atoms. The van der Waals surface area contributed by atoms with Crippen molar-refractivity contribution in [3.63, 3.8) is 0 Å². The van der Waals surface area contributed by atoms with Crippen molar-refractivity contribution < 1.29 is 9.53 Å². The molecule has 1 unspecified atom stereocenters. The molecule has 0 spiro atoms. The van der Waals surface area contributed by atoms with Crippen LogP contribution in [0.3, 0.4) is 0 Å². The van der Waals surface area contributed by atoms with Crippen molar-refractivity contribution in [3.8, 4) is 0 Å². The first-order chi connectivity index (χ1) is 10.9. The smallest absolute Gasteiger partial charge is 0.407 e. The summed E-state index contributed by atoms with van der Waals surface area (Å²) in [5.74, 6) is 2.08. The highest BCUT2D eigenvalue weighted by atomic mass is 127. The molecule has 0 aromatic heterocycles. The number of ether oxygens (including phenoxy) is 1. The maximum Gasteiger partial charge on any atom is 0.407 e. The second-order valence-corrected chi connectivity index (χ2v) is 7.92. The van der Waals surface area contributed by atoms with Crippen LogP contribution in [0.5, 0.6) is 0 Å². The number of nitrogens with zero attached hydrogens (tertiary/aromatic N) is 2. The first-order valence-electron chi connectivity index (χ1n) is 8.47. The maximum absolute atomic E-state index is 11.6. The van der Waals surface area contributed by atoms with E-state index in [4.69, 9.17) is 4.74 Å². The Morgan fingerprint density at radius 2 is 2.04 bits per heavy atom. The van der Waals surface area contributed by atoms with Gasteiger partial charge in [-0.3, -0.25) is 4.99 Å². The standard InChI is InChI=1S/C16H32N4O2S.HI/c1-6-13-12-20(10-11-23-13)14(17-7-2)18-8-9-19-15(21)22-16(3,4)5;/h13H,6-12H2,1-5H3,(H,17,18)(H,19,21);1H. The van der Waals surface area contributed by atoms with Gasteiger partial charge in [0, 0.05) is 37.2 Å². The Bertz CT molecular complexity index is 402.